The van der Waals surface area contributed by atoms with Gasteiger partial charge in [-0.05, 0) is 0 Å². The third kappa shape index (κ3) is 1.80. The van der Waals surface area contributed by atoms with E-state index < -0.39 is 5.97 Å². The van der Waals surface area contributed by atoms with Crippen molar-refractivity contribution in [2.45, 2.75) is 0 Å². The van der Waals surface area contributed by atoms with Gasteiger partial charge in [-0.25, -0.2) is 10.3 Å². The van der Waals surface area contributed by atoms with Crippen LogP contribution in [0.25, 0.3) is 0 Å². The molecule has 1 aliphatic heterocycles. The summed E-state index contributed by atoms with van der Waals surface area (Å²) in [5.41, 5.74) is 7.32. The lowest BCUT2D eigenvalue weighted by Crippen LogP contribution is -2.24. The molecule has 0 fully saturated rings. The molecule has 13 heavy (non-hydrogen) atoms. The molecule has 1 rings (SSSR count). The zero-order valence-corrected chi connectivity index (χ0v) is 9.40. The van der Waals surface area contributed by atoms with Gasteiger partial charge in [0.25, 0.3) is 0 Å². The topological polar surface area (TPSA) is 69.0 Å². The van der Waals surface area contributed by atoms with Gasteiger partial charge in [-0.15, -0.1) is 5.11 Å². The molecule has 0 radical (unpaired) electrons. The fraction of sp³-hybridized carbons (Fsp3) is 0.500. The third-order valence-corrected chi connectivity index (χ3v) is 2.72. The maximum Gasteiger partial charge on any atom is 0.339 e. The van der Waals surface area contributed by atoms with E-state index in [9.17, 15) is 4.79 Å². The lowest BCUT2D eigenvalue weighted by Gasteiger charge is -2.18. The fourth-order valence-electron chi connectivity index (χ4n) is 1.02. The van der Waals surface area contributed by atoms with E-state index in [1.165, 1.54) is 7.11 Å². The van der Waals surface area contributed by atoms with Gasteiger partial charge >= 0.3 is 5.97 Å². The van der Waals surface area contributed by atoms with Crippen LogP contribution in [-0.2, 0) is 9.53 Å². The number of nitrogens with one attached hydrogen (secondary N) is 1. The number of hydrogen-bond donors (Lipinski definition) is 1. The molecule has 72 valence electrons. The highest BCUT2D eigenvalue weighted by Crippen LogP contribution is 2.25. The number of carbonyl (C=O) groups is 1. The van der Waals surface area contributed by atoms with E-state index in [0.717, 1.165) is 0 Å². The molecule has 1 aliphatic rings. The molecule has 0 unspecified atom stereocenters. The largest absolute Gasteiger partial charge is 0.466 e. The summed E-state index contributed by atoms with van der Waals surface area (Å²) < 4.78 is 6.31. The molecule has 7 heteroatoms. The standard InChI is InChI=1S/C6H9IN4O2/c1-10-5(9-8)4(3-11(10)7)6(12)13-2/h8H,3H2,1-2H3. The van der Waals surface area contributed by atoms with Crippen molar-refractivity contribution in [3.05, 3.63) is 11.4 Å². The van der Waals surface area contributed by atoms with Crippen LogP contribution < -0.4 is 0 Å². The fourth-order valence-corrected chi connectivity index (χ4v) is 1.57. The van der Waals surface area contributed by atoms with Crippen LogP contribution in [0.5, 0.6) is 0 Å². The van der Waals surface area contributed by atoms with Gasteiger partial charge < -0.3 is 4.74 Å². The monoisotopic (exact) mass is 296 g/mol. The molecule has 0 aromatic rings. The van der Waals surface area contributed by atoms with E-state index in [-0.39, 0.29) is 0 Å². The minimum atomic E-state index is -0.433. The first-order chi connectivity index (χ1) is 6.11. The second-order valence-corrected chi connectivity index (χ2v) is 3.54. The smallest absolute Gasteiger partial charge is 0.339 e. The minimum absolute atomic E-state index is 0.334. The molecule has 0 amide bonds. The zero-order valence-electron chi connectivity index (χ0n) is 7.24. The number of methoxy groups -OCH3 is 1. The Labute approximate surface area is 89.5 Å². The van der Waals surface area contributed by atoms with Crippen molar-refractivity contribution in [2.24, 2.45) is 5.11 Å². The molecule has 0 saturated carbocycles. The van der Waals surface area contributed by atoms with Crippen LogP contribution in [0.3, 0.4) is 0 Å². The van der Waals surface area contributed by atoms with E-state index >= 15 is 0 Å². The van der Waals surface area contributed by atoms with Crippen LogP contribution in [0.1, 0.15) is 0 Å². The molecule has 0 aromatic carbocycles. The predicted octanol–water partition coefficient (Wildman–Crippen LogP) is 0.914. The van der Waals surface area contributed by atoms with Crippen LogP contribution in [0.15, 0.2) is 16.5 Å². The van der Waals surface area contributed by atoms with Crippen LogP contribution in [-0.4, -0.2) is 34.9 Å². The summed E-state index contributed by atoms with van der Waals surface area (Å²) in [7, 11) is 3.04. The van der Waals surface area contributed by atoms with E-state index in [2.05, 4.69) is 9.85 Å². The molecule has 6 nitrogen and oxygen atoms in total. The van der Waals surface area contributed by atoms with Crippen molar-refractivity contribution < 1.29 is 9.53 Å². The van der Waals surface area contributed by atoms with Crippen molar-refractivity contribution in [1.82, 2.24) is 8.23 Å². The Balaban J connectivity index is 2.98. The zero-order chi connectivity index (χ0) is 10.0. The lowest BCUT2D eigenvalue weighted by atomic mass is 10.3. The molecule has 0 aromatic heterocycles. The van der Waals surface area contributed by atoms with E-state index in [4.69, 9.17) is 5.53 Å². The van der Waals surface area contributed by atoms with Crippen molar-refractivity contribution in [1.29, 1.82) is 5.53 Å². The second-order valence-electron chi connectivity index (χ2n) is 2.42. The maximum atomic E-state index is 11.2. The van der Waals surface area contributed by atoms with Gasteiger partial charge in [-0.1, -0.05) is 0 Å². The van der Waals surface area contributed by atoms with Gasteiger partial charge in [0, 0.05) is 29.9 Å². The lowest BCUT2D eigenvalue weighted by molar-refractivity contribution is -0.136. The Hall–Kier alpha value is -0.700. The highest BCUT2D eigenvalue weighted by Gasteiger charge is 2.30. The molecule has 0 bridgehead atoms. The van der Waals surface area contributed by atoms with E-state index in [1.54, 1.807) is 15.3 Å². The number of nitrogens with zero attached hydrogens (tertiary/aromatic N) is 3. The van der Waals surface area contributed by atoms with Gasteiger partial charge in [-0.2, -0.15) is 3.22 Å². The van der Waals surface area contributed by atoms with E-state index in [0.29, 0.717) is 17.9 Å². The van der Waals surface area contributed by atoms with Crippen molar-refractivity contribution in [2.75, 3.05) is 20.7 Å². The summed E-state index contributed by atoms with van der Waals surface area (Å²) in [6.45, 7) is 0.418. The molecular weight excluding hydrogens is 287 g/mol. The van der Waals surface area contributed by atoms with Crippen LogP contribution in [0, 0.1) is 5.53 Å². The molecule has 0 atom stereocenters. The summed E-state index contributed by atoms with van der Waals surface area (Å²) >= 11 is 2.03. The molecule has 1 N–H and O–H groups in total. The van der Waals surface area contributed by atoms with Gasteiger partial charge in [-0.3, -0.25) is 5.01 Å². The number of hydrazine groups is 1. The molecular formula is C6H9IN4O2. The average molecular weight is 296 g/mol. The number of halogens is 1. The van der Waals surface area contributed by atoms with Gasteiger partial charge in [0.05, 0.1) is 19.2 Å². The van der Waals surface area contributed by atoms with Crippen molar-refractivity contribution in [3.63, 3.8) is 0 Å². The number of esters is 1. The van der Waals surface area contributed by atoms with Crippen LogP contribution >= 0.6 is 22.9 Å². The number of rotatable bonds is 2. The van der Waals surface area contributed by atoms with Gasteiger partial charge in [0.1, 0.15) is 0 Å². The Morgan fingerprint density at radius 3 is 2.85 bits per heavy atom. The molecule has 0 aliphatic carbocycles. The van der Waals surface area contributed by atoms with Gasteiger partial charge in [0.15, 0.2) is 5.82 Å². The van der Waals surface area contributed by atoms with Crippen molar-refractivity contribution >= 4 is 28.8 Å². The quantitative estimate of drug-likeness (QED) is 0.356. The summed E-state index contributed by atoms with van der Waals surface area (Å²) in [5.74, 6) is -0.0988. The molecule has 0 saturated heterocycles. The first-order valence-electron chi connectivity index (χ1n) is 3.47. The van der Waals surface area contributed by atoms with Crippen LogP contribution in [0.2, 0.25) is 0 Å². The Kier molecular flexibility index (Phi) is 3.20. The van der Waals surface area contributed by atoms with Crippen molar-refractivity contribution in [3.8, 4) is 0 Å². The minimum Gasteiger partial charge on any atom is -0.466 e. The number of hydrogen-bond acceptors (Lipinski definition) is 6. The predicted molar refractivity (Wildman–Crippen MR) is 52.7 cm³/mol. The first-order valence-corrected chi connectivity index (χ1v) is 4.44. The first kappa shape index (κ1) is 10.4. The average Bonchev–Trinajstić information content (AvgIpc) is 2.42. The highest BCUT2D eigenvalue weighted by molar-refractivity contribution is 14.1. The molecule has 0 spiro atoms. The van der Waals surface area contributed by atoms with Crippen LogP contribution in [0.4, 0.5) is 0 Å². The third-order valence-electron chi connectivity index (χ3n) is 1.73. The normalized spacial score (nSPS) is 17.9. The maximum absolute atomic E-state index is 11.2. The summed E-state index contributed by atoms with van der Waals surface area (Å²) in [6.07, 6.45) is 0. The highest BCUT2D eigenvalue weighted by atomic mass is 127. The van der Waals surface area contributed by atoms with E-state index in [1.807, 2.05) is 22.9 Å². The summed E-state index contributed by atoms with van der Waals surface area (Å²) in [6, 6.07) is 0. The Bertz CT molecular complexity index is 278. The Morgan fingerprint density at radius 2 is 2.38 bits per heavy atom. The second kappa shape index (κ2) is 4.01. The Morgan fingerprint density at radius 1 is 1.77 bits per heavy atom. The summed E-state index contributed by atoms with van der Waals surface area (Å²) in [5, 5.41) is 4.90. The van der Waals surface area contributed by atoms with Gasteiger partial charge in [0.2, 0.25) is 0 Å². The SMILES string of the molecule is COC(=O)C1=C(N=N)N(C)N(I)C1. The number of ether oxygens (including phenoxy) is 1. The summed E-state index contributed by atoms with van der Waals surface area (Å²) in [4.78, 5) is 11.2. The number of carbonyl (C=O) groups excluding carboxylic acids is 1. The molecule has 1 heterocycles.